The highest BCUT2D eigenvalue weighted by molar-refractivity contribution is 5.78. The fourth-order valence-corrected chi connectivity index (χ4v) is 2.84. The highest BCUT2D eigenvalue weighted by atomic mass is 19.1. The fraction of sp³-hybridized carbons (Fsp3) is 0.389. The number of ether oxygens (including phenoxy) is 2. The summed E-state index contributed by atoms with van der Waals surface area (Å²) in [6.45, 7) is 1.18. The molecule has 2 heterocycles. The van der Waals surface area contributed by atoms with E-state index in [9.17, 15) is 9.18 Å². The van der Waals surface area contributed by atoms with Crippen LogP contribution in [-0.2, 0) is 11.2 Å². The van der Waals surface area contributed by atoms with Crippen molar-refractivity contribution in [3.63, 3.8) is 0 Å². The topological polar surface area (TPSA) is 64.6 Å². The minimum atomic E-state index is -0.305. The number of likely N-dealkylation sites (tertiary alicyclic amines) is 1. The van der Waals surface area contributed by atoms with Gasteiger partial charge in [0.25, 0.3) is 11.8 Å². The Bertz CT molecular complexity index is 724. The van der Waals surface area contributed by atoms with Gasteiger partial charge in [-0.05, 0) is 30.5 Å². The Labute approximate surface area is 145 Å². The highest BCUT2D eigenvalue weighted by Crippen LogP contribution is 2.24. The number of benzene rings is 1. The van der Waals surface area contributed by atoms with Crippen LogP contribution in [0.25, 0.3) is 0 Å². The normalized spacial score (nSPS) is 17.2. The number of hydrogen-bond donors (Lipinski definition) is 0. The molecule has 1 aromatic heterocycles. The van der Waals surface area contributed by atoms with Crippen molar-refractivity contribution in [2.45, 2.75) is 25.4 Å². The Morgan fingerprint density at radius 2 is 1.96 bits per heavy atom. The van der Waals surface area contributed by atoms with Crippen LogP contribution in [0.15, 0.2) is 36.7 Å². The molecule has 2 aromatic rings. The van der Waals surface area contributed by atoms with Crippen LogP contribution >= 0.6 is 0 Å². The van der Waals surface area contributed by atoms with Crippen molar-refractivity contribution >= 4 is 5.91 Å². The van der Waals surface area contributed by atoms with E-state index in [0.717, 1.165) is 18.4 Å². The molecule has 1 amide bonds. The molecule has 0 saturated carbocycles. The van der Waals surface area contributed by atoms with Gasteiger partial charge in [-0.25, -0.2) is 14.4 Å². The zero-order chi connectivity index (χ0) is 17.6. The van der Waals surface area contributed by atoms with Gasteiger partial charge in [-0.2, -0.15) is 0 Å². The van der Waals surface area contributed by atoms with E-state index in [4.69, 9.17) is 9.47 Å². The van der Waals surface area contributed by atoms with E-state index in [1.54, 1.807) is 17.0 Å². The maximum atomic E-state index is 13.0. The van der Waals surface area contributed by atoms with Crippen molar-refractivity contribution in [1.82, 2.24) is 14.9 Å². The Kier molecular flexibility index (Phi) is 5.42. The monoisotopic (exact) mass is 345 g/mol. The molecular weight excluding hydrogens is 325 g/mol. The van der Waals surface area contributed by atoms with Gasteiger partial charge >= 0.3 is 0 Å². The fourth-order valence-electron chi connectivity index (χ4n) is 2.84. The number of carbonyl (C=O) groups is 1. The lowest BCUT2D eigenvalue weighted by Crippen LogP contribution is -2.45. The first-order valence-corrected chi connectivity index (χ1v) is 8.19. The number of piperidine rings is 1. The molecule has 1 fully saturated rings. The largest absolute Gasteiger partial charge is 0.477 e. The number of amides is 1. The third-order valence-electron chi connectivity index (χ3n) is 4.10. The van der Waals surface area contributed by atoms with Crippen molar-refractivity contribution < 1.29 is 18.7 Å². The minimum Gasteiger partial charge on any atom is -0.477 e. The highest BCUT2D eigenvalue weighted by Gasteiger charge is 2.26. The summed E-state index contributed by atoms with van der Waals surface area (Å²) in [6.07, 6.45) is 4.85. The van der Waals surface area contributed by atoms with Gasteiger partial charge in [0.1, 0.15) is 11.9 Å². The number of methoxy groups -OCH3 is 1. The van der Waals surface area contributed by atoms with Gasteiger partial charge in [0.05, 0.1) is 20.1 Å². The van der Waals surface area contributed by atoms with Crippen LogP contribution in [0, 0.1) is 5.82 Å². The Morgan fingerprint density at radius 1 is 1.24 bits per heavy atom. The number of rotatable bonds is 5. The SMILES string of the molecule is COc1nccnc1OC1CCCN(C(=O)Cc2ccc(F)cc2)C1. The van der Waals surface area contributed by atoms with E-state index in [-0.39, 0.29) is 24.2 Å². The van der Waals surface area contributed by atoms with Crippen molar-refractivity contribution in [3.05, 3.63) is 48.0 Å². The number of aromatic nitrogens is 2. The predicted octanol–water partition coefficient (Wildman–Crippen LogP) is 2.24. The molecule has 1 aromatic carbocycles. The molecule has 0 radical (unpaired) electrons. The van der Waals surface area contributed by atoms with Crippen LogP contribution in [0.4, 0.5) is 4.39 Å². The lowest BCUT2D eigenvalue weighted by Gasteiger charge is -2.32. The van der Waals surface area contributed by atoms with Crippen LogP contribution in [0.3, 0.4) is 0 Å². The molecule has 0 bridgehead atoms. The van der Waals surface area contributed by atoms with E-state index in [2.05, 4.69) is 9.97 Å². The van der Waals surface area contributed by atoms with Crippen molar-refractivity contribution in [2.75, 3.05) is 20.2 Å². The average Bonchev–Trinajstić information content (AvgIpc) is 2.64. The lowest BCUT2D eigenvalue weighted by atomic mass is 10.1. The number of carbonyl (C=O) groups excluding carboxylic acids is 1. The number of nitrogens with zero attached hydrogens (tertiary/aromatic N) is 3. The summed E-state index contributed by atoms with van der Waals surface area (Å²) >= 11 is 0. The summed E-state index contributed by atoms with van der Waals surface area (Å²) in [5.41, 5.74) is 0.796. The quantitative estimate of drug-likeness (QED) is 0.831. The first-order chi connectivity index (χ1) is 12.2. The molecule has 1 aliphatic heterocycles. The third-order valence-corrected chi connectivity index (χ3v) is 4.10. The maximum absolute atomic E-state index is 13.0. The van der Waals surface area contributed by atoms with E-state index in [0.29, 0.717) is 24.8 Å². The predicted molar refractivity (Wildman–Crippen MR) is 88.9 cm³/mol. The van der Waals surface area contributed by atoms with Crippen LogP contribution in [0.2, 0.25) is 0 Å². The molecule has 25 heavy (non-hydrogen) atoms. The number of halogens is 1. The van der Waals surface area contributed by atoms with Crippen LogP contribution in [-0.4, -0.2) is 47.1 Å². The molecule has 0 aliphatic carbocycles. The summed E-state index contributed by atoms with van der Waals surface area (Å²) in [4.78, 5) is 22.5. The second kappa shape index (κ2) is 7.92. The van der Waals surface area contributed by atoms with E-state index < -0.39 is 0 Å². The summed E-state index contributed by atoms with van der Waals surface area (Å²) in [6, 6.07) is 6.00. The summed E-state index contributed by atoms with van der Waals surface area (Å²) in [7, 11) is 1.51. The third kappa shape index (κ3) is 4.43. The first-order valence-electron chi connectivity index (χ1n) is 8.19. The molecule has 3 rings (SSSR count). The van der Waals surface area contributed by atoms with Crippen LogP contribution in [0.5, 0.6) is 11.8 Å². The molecule has 1 aliphatic rings. The van der Waals surface area contributed by atoms with Crippen molar-refractivity contribution in [1.29, 1.82) is 0 Å². The zero-order valence-electron chi connectivity index (χ0n) is 14.0. The van der Waals surface area contributed by atoms with Crippen molar-refractivity contribution in [2.24, 2.45) is 0 Å². The standard InChI is InChI=1S/C18H20FN3O3/c1-24-17-18(21-9-8-20-17)25-15-3-2-10-22(12-15)16(23)11-13-4-6-14(19)7-5-13/h4-9,15H,2-3,10-12H2,1H3. The molecule has 1 saturated heterocycles. The number of hydrogen-bond acceptors (Lipinski definition) is 5. The molecule has 1 atom stereocenters. The first kappa shape index (κ1) is 17.1. The molecule has 132 valence electrons. The summed E-state index contributed by atoms with van der Waals surface area (Å²) in [5.74, 6) is 0.367. The van der Waals surface area contributed by atoms with Gasteiger partial charge in [0.15, 0.2) is 0 Å². The van der Waals surface area contributed by atoms with Gasteiger partial charge in [0.2, 0.25) is 5.91 Å². The second-order valence-corrected chi connectivity index (χ2v) is 5.90. The van der Waals surface area contributed by atoms with Gasteiger partial charge in [0, 0.05) is 18.9 Å². The van der Waals surface area contributed by atoms with Crippen LogP contribution < -0.4 is 9.47 Å². The minimum absolute atomic E-state index is 0.00557. The Morgan fingerprint density at radius 3 is 2.68 bits per heavy atom. The van der Waals surface area contributed by atoms with Gasteiger partial charge in [-0.3, -0.25) is 4.79 Å². The molecule has 0 N–H and O–H groups in total. The van der Waals surface area contributed by atoms with Crippen molar-refractivity contribution in [3.8, 4) is 11.8 Å². The molecule has 0 spiro atoms. The van der Waals surface area contributed by atoms with Gasteiger partial charge in [-0.15, -0.1) is 0 Å². The maximum Gasteiger partial charge on any atom is 0.278 e. The summed E-state index contributed by atoms with van der Waals surface area (Å²) < 4.78 is 24.0. The molecule has 7 heteroatoms. The summed E-state index contributed by atoms with van der Waals surface area (Å²) in [5, 5.41) is 0. The molecule has 1 unspecified atom stereocenters. The van der Waals surface area contributed by atoms with E-state index in [1.807, 2.05) is 0 Å². The smallest absolute Gasteiger partial charge is 0.278 e. The van der Waals surface area contributed by atoms with E-state index >= 15 is 0 Å². The van der Waals surface area contributed by atoms with Gasteiger partial charge in [-0.1, -0.05) is 12.1 Å². The average molecular weight is 345 g/mol. The lowest BCUT2D eigenvalue weighted by molar-refractivity contribution is -0.133. The Balaban J connectivity index is 1.60. The molecular formula is C18H20FN3O3. The zero-order valence-corrected chi connectivity index (χ0v) is 14.0. The van der Waals surface area contributed by atoms with E-state index in [1.165, 1.54) is 31.6 Å². The second-order valence-electron chi connectivity index (χ2n) is 5.90. The molecule has 6 nitrogen and oxygen atoms in total. The van der Waals surface area contributed by atoms with Crippen LogP contribution in [0.1, 0.15) is 18.4 Å². The van der Waals surface area contributed by atoms with Gasteiger partial charge < -0.3 is 14.4 Å². The Hall–Kier alpha value is -2.70.